The first-order valence-electron chi connectivity index (χ1n) is 3.71. The van der Waals surface area contributed by atoms with Crippen molar-refractivity contribution in [1.82, 2.24) is 5.48 Å². The second-order valence-corrected chi connectivity index (χ2v) is 2.58. The summed E-state index contributed by atoms with van der Waals surface area (Å²) in [7, 11) is 0. The van der Waals surface area contributed by atoms with E-state index in [0.717, 1.165) is 5.69 Å². The van der Waals surface area contributed by atoms with Gasteiger partial charge in [-0.3, -0.25) is 0 Å². The van der Waals surface area contributed by atoms with Gasteiger partial charge in [-0.2, -0.15) is 0 Å². The van der Waals surface area contributed by atoms with Gasteiger partial charge in [0.1, 0.15) is 0 Å². The fraction of sp³-hybridized carbons (Fsp3) is 0.333. The summed E-state index contributed by atoms with van der Waals surface area (Å²) in [5.41, 5.74) is 4.77. The van der Waals surface area contributed by atoms with Crippen LogP contribution >= 0.6 is 0 Å². The molecule has 2 nitrogen and oxygen atoms in total. The second-order valence-electron chi connectivity index (χ2n) is 2.58. The summed E-state index contributed by atoms with van der Waals surface area (Å²) in [6.07, 6.45) is 0.148. The Labute approximate surface area is 67.1 Å². The van der Waals surface area contributed by atoms with E-state index in [0.29, 0.717) is 0 Å². The molecule has 0 spiro atoms. The van der Waals surface area contributed by atoms with E-state index >= 15 is 0 Å². The van der Waals surface area contributed by atoms with E-state index in [1.807, 2.05) is 44.2 Å². The summed E-state index contributed by atoms with van der Waals surface area (Å²) in [4.78, 5) is 5.05. The lowest BCUT2D eigenvalue weighted by atomic mass is 10.3. The molecule has 0 amide bonds. The van der Waals surface area contributed by atoms with Crippen LogP contribution in [0.2, 0.25) is 0 Å². The fourth-order valence-electron chi connectivity index (χ4n) is 0.655. The van der Waals surface area contributed by atoms with Crippen molar-refractivity contribution in [3.8, 4) is 0 Å². The molecule has 0 heterocycles. The number of benzene rings is 1. The molecule has 1 aromatic rings. The smallest absolute Gasteiger partial charge is 0.0905 e. The maximum absolute atomic E-state index is 5.05. The van der Waals surface area contributed by atoms with Crippen LogP contribution in [0, 0.1) is 0 Å². The van der Waals surface area contributed by atoms with Gasteiger partial charge in [0.05, 0.1) is 11.8 Å². The molecule has 0 atom stereocenters. The third-order valence-electron chi connectivity index (χ3n) is 1.13. The summed E-state index contributed by atoms with van der Waals surface area (Å²) in [6.45, 7) is 3.90. The van der Waals surface area contributed by atoms with Crippen LogP contribution in [0.25, 0.3) is 0 Å². The van der Waals surface area contributed by atoms with E-state index in [1.54, 1.807) is 0 Å². The molecule has 1 radical (unpaired) electrons. The second kappa shape index (κ2) is 3.98. The molecule has 1 aromatic carbocycles. The van der Waals surface area contributed by atoms with Crippen molar-refractivity contribution in [2.24, 2.45) is 0 Å². The molecule has 59 valence electrons. The van der Waals surface area contributed by atoms with Crippen LogP contribution in [-0.2, 0) is 4.84 Å². The average molecular weight is 150 g/mol. The summed E-state index contributed by atoms with van der Waals surface area (Å²) >= 11 is 0. The van der Waals surface area contributed by atoms with Crippen LogP contribution in [0.3, 0.4) is 0 Å². The number of rotatable bonds is 3. The molecule has 0 saturated heterocycles. The van der Waals surface area contributed by atoms with Gasteiger partial charge in [-0.15, -0.1) is 5.48 Å². The quantitative estimate of drug-likeness (QED) is 0.606. The van der Waals surface area contributed by atoms with Gasteiger partial charge in [-0.05, 0) is 26.0 Å². The lowest BCUT2D eigenvalue weighted by Crippen LogP contribution is -2.07. The van der Waals surface area contributed by atoms with E-state index in [4.69, 9.17) is 4.84 Å². The largest absolute Gasteiger partial charge is 0.249 e. The van der Waals surface area contributed by atoms with Gasteiger partial charge in [0, 0.05) is 0 Å². The minimum Gasteiger partial charge on any atom is -0.249 e. The Balaban J connectivity index is 2.39. The monoisotopic (exact) mass is 150 g/mol. The molecule has 0 bridgehead atoms. The Morgan fingerprint density at radius 2 is 1.82 bits per heavy atom. The molecular weight excluding hydrogens is 138 g/mol. The lowest BCUT2D eigenvalue weighted by molar-refractivity contribution is 0.0184. The highest BCUT2D eigenvalue weighted by molar-refractivity contribution is 5.33. The maximum atomic E-state index is 5.05. The molecule has 0 aromatic heterocycles. The van der Waals surface area contributed by atoms with Crippen molar-refractivity contribution in [1.29, 1.82) is 0 Å². The minimum absolute atomic E-state index is 0.148. The first-order valence-corrected chi connectivity index (χ1v) is 3.71. The van der Waals surface area contributed by atoms with Crippen LogP contribution in [-0.4, -0.2) is 6.10 Å². The summed E-state index contributed by atoms with van der Waals surface area (Å²) < 4.78 is 0. The molecule has 11 heavy (non-hydrogen) atoms. The molecule has 0 N–H and O–H groups in total. The highest BCUT2D eigenvalue weighted by atomic mass is 16.7. The normalized spacial score (nSPS) is 10.1. The molecule has 0 aliphatic rings. The van der Waals surface area contributed by atoms with E-state index in [1.165, 1.54) is 0 Å². The molecule has 0 fully saturated rings. The Morgan fingerprint density at radius 3 is 2.36 bits per heavy atom. The minimum atomic E-state index is 0.148. The van der Waals surface area contributed by atoms with Crippen LogP contribution < -0.4 is 5.48 Å². The van der Waals surface area contributed by atoms with E-state index in [2.05, 4.69) is 5.48 Å². The number of hydrogen-bond acceptors (Lipinski definition) is 1. The first-order chi connectivity index (χ1) is 5.29. The SMILES string of the molecule is CC(C)O[N]c1ccccc1. The predicted molar refractivity (Wildman–Crippen MR) is 44.5 cm³/mol. The molecule has 0 aliphatic carbocycles. The zero-order valence-corrected chi connectivity index (χ0v) is 6.82. The lowest BCUT2D eigenvalue weighted by Gasteiger charge is -2.04. The van der Waals surface area contributed by atoms with Crippen molar-refractivity contribution in [2.75, 3.05) is 0 Å². The van der Waals surface area contributed by atoms with Crippen molar-refractivity contribution >= 4 is 5.69 Å². The van der Waals surface area contributed by atoms with Crippen molar-refractivity contribution < 1.29 is 4.84 Å². The standard InChI is InChI=1S/C9H12NO/c1-8(2)11-10-9-6-4-3-5-7-9/h3-8H,1-2H3. The summed E-state index contributed by atoms with van der Waals surface area (Å²) in [5, 5.41) is 0. The van der Waals surface area contributed by atoms with Gasteiger partial charge in [-0.25, -0.2) is 4.84 Å². The zero-order valence-electron chi connectivity index (χ0n) is 6.82. The van der Waals surface area contributed by atoms with E-state index < -0.39 is 0 Å². The predicted octanol–water partition coefficient (Wildman–Crippen LogP) is 2.26. The summed E-state index contributed by atoms with van der Waals surface area (Å²) in [5.74, 6) is 0. The van der Waals surface area contributed by atoms with E-state index in [9.17, 15) is 0 Å². The fourth-order valence-corrected chi connectivity index (χ4v) is 0.655. The third-order valence-corrected chi connectivity index (χ3v) is 1.13. The molecule has 0 saturated carbocycles. The van der Waals surface area contributed by atoms with Crippen LogP contribution in [0.5, 0.6) is 0 Å². The average Bonchev–Trinajstić information content (AvgIpc) is 2.03. The van der Waals surface area contributed by atoms with Gasteiger partial charge in [-0.1, -0.05) is 18.2 Å². The third kappa shape index (κ3) is 3.05. The maximum Gasteiger partial charge on any atom is 0.0905 e. The topological polar surface area (TPSA) is 23.3 Å². The van der Waals surface area contributed by atoms with Gasteiger partial charge < -0.3 is 0 Å². The zero-order chi connectivity index (χ0) is 8.10. The molecule has 2 heteroatoms. The van der Waals surface area contributed by atoms with Gasteiger partial charge in [0.15, 0.2) is 0 Å². The van der Waals surface area contributed by atoms with Gasteiger partial charge in [0.25, 0.3) is 0 Å². The Kier molecular flexibility index (Phi) is 2.93. The number of hydrogen-bond donors (Lipinski definition) is 0. The van der Waals surface area contributed by atoms with Crippen LogP contribution in [0.4, 0.5) is 5.69 Å². The highest BCUT2D eigenvalue weighted by Gasteiger charge is 1.94. The van der Waals surface area contributed by atoms with Crippen LogP contribution in [0.15, 0.2) is 30.3 Å². The van der Waals surface area contributed by atoms with Crippen molar-refractivity contribution in [3.05, 3.63) is 30.3 Å². The van der Waals surface area contributed by atoms with Gasteiger partial charge in [0.2, 0.25) is 0 Å². The molecule has 0 unspecified atom stereocenters. The summed E-state index contributed by atoms with van der Waals surface area (Å²) in [6, 6.07) is 9.63. The molecular formula is C9H12NO. The van der Waals surface area contributed by atoms with Crippen LogP contribution in [0.1, 0.15) is 13.8 Å². The molecule has 1 rings (SSSR count). The van der Waals surface area contributed by atoms with Crippen molar-refractivity contribution in [2.45, 2.75) is 20.0 Å². The Morgan fingerprint density at radius 1 is 1.18 bits per heavy atom. The first kappa shape index (κ1) is 8.08. The Bertz CT molecular complexity index is 196. The van der Waals surface area contributed by atoms with Gasteiger partial charge >= 0.3 is 0 Å². The highest BCUT2D eigenvalue weighted by Crippen LogP contribution is 2.05. The van der Waals surface area contributed by atoms with E-state index in [-0.39, 0.29) is 6.10 Å². The molecule has 0 aliphatic heterocycles. The van der Waals surface area contributed by atoms with Crippen molar-refractivity contribution in [3.63, 3.8) is 0 Å². The Hall–Kier alpha value is -1.02. The number of nitrogens with zero attached hydrogens (tertiary/aromatic N) is 1.